The molecule has 2 N–H and O–H groups in total. The third-order valence-electron chi connectivity index (χ3n) is 12.9. The molecule has 1 aromatic rings. The number of hydrogen-bond acceptors (Lipinski definition) is 9. The van der Waals surface area contributed by atoms with Crippen LogP contribution in [0.25, 0.3) is 0 Å². The Bertz CT molecular complexity index is 1550. The van der Waals surface area contributed by atoms with Gasteiger partial charge in [-0.1, -0.05) is 6.42 Å². The van der Waals surface area contributed by atoms with Crippen molar-refractivity contribution in [1.82, 2.24) is 24.5 Å². The molecule has 1 aromatic heterocycles. The molecule has 13 heteroatoms. The minimum absolute atomic E-state index is 0.0151. The fourth-order valence-electron chi connectivity index (χ4n) is 10.1. The topological polar surface area (TPSA) is 123 Å². The van der Waals surface area contributed by atoms with Gasteiger partial charge in [-0.2, -0.15) is 11.8 Å². The summed E-state index contributed by atoms with van der Waals surface area (Å²) >= 11 is 8.57. The Morgan fingerprint density at radius 2 is 1.96 bits per heavy atom. The second kappa shape index (κ2) is 13.7. The van der Waals surface area contributed by atoms with E-state index in [1.54, 1.807) is 11.8 Å². The number of carbonyl (C=O) groups is 1. The van der Waals surface area contributed by atoms with Crippen molar-refractivity contribution in [2.24, 2.45) is 23.7 Å². The van der Waals surface area contributed by atoms with Gasteiger partial charge in [-0.25, -0.2) is 13.4 Å². The zero-order chi connectivity index (χ0) is 34.0. The molecule has 3 saturated carbocycles. The van der Waals surface area contributed by atoms with Crippen LogP contribution >= 0.6 is 23.4 Å². The second-order valence-electron chi connectivity index (χ2n) is 15.9. The normalized spacial score (nSPS) is 36.2. The molecule has 48 heavy (non-hydrogen) atoms. The van der Waals surface area contributed by atoms with Crippen molar-refractivity contribution in [2.75, 3.05) is 25.7 Å². The molecule has 0 bridgehead atoms. The van der Waals surface area contributed by atoms with Gasteiger partial charge in [-0.15, -0.1) is 11.6 Å². The van der Waals surface area contributed by atoms with Crippen molar-refractivity contribution in [2.45, 2.75) is 138 Å². The summed E-state index contributed by atoms with van der Waals surface area (Å²) in [5.41, 5.74) is 2.36. The van der Waals surface area contributed by atoms with Crippen molar-refractivity contribution >= 4 is 39.3 Å². The van der Waals surface area contributed by atoms with Gasteiger partial charge in [0.1, 0.15) is 5.82 Å². The molecular formula is C35H54ClN5O5S2. The summed E-state index contributed by atoms with van der Waals surface area (Å²) in [6, 6.07) is 0.487. The molecule has 10 nitrogen and oxygen atoms in total. The van der Waals surface area contributed by atoms with Gasteiger partial charge >= 0.3 is 0 Å². The fraction of sp³-hybridized carbons (Fsp3) is 0.857. The summed E-state index contributed by atoms with van der Waals surface area (Å²) in [5, 5.41) is 3.88. The largest absolute Gasteiger partial charge is 0.376 e. The Balaban J connectivity index is 1.02. The number of ether oxygens (including phenoxy) is 1. The first-order chi connectivity index (χ1) is 22.8. The van der Waals surface area contributed by atoms with Gasteiger partial charge in [0.05, 0.1) is 37.1 Å². The van der Waals surface area contributed by atoms with Crippen LogP contribution < -0.4 is 15.6 Å². The first kappa shape index (κ1) is 35.2. The van der Waals surface area contributed by atoms with Crippen molar-refractivity contribution < 1.29 is 17.9 Å². The monoisotopic (exact) mass is 723 g/mol. The minimum atomic E-state index is -3.62. The number of sulfonamides is 1. The number of likely N-dealkylation sites (N-methyl/N-ethyl adjacent to an activating group) is 1. The lowest BCUT2D eigenvalue weighted by atomic mass is 9.70. The molecule has 268 valence electrons. The van der Waals surface area contributed by atoms with Crippen LogP contribution in [0.2, 0.25) is 0 Å². The highest BCUT2D eigenvalue weighted by atomic mass is 35.5. The van der Waals surface area contributed by atoms with E-state index in [2.05, 4.69) is 28.9 Å². The summed E-state index contributed by atoms with van der Waals surface area (Å²) in [6.07, 6.45) is 14.0. The Hall–Kier alpha value is -1.18. The van der Waals surface area contributed by atoms with Crippen molar-refractivity contribution in [3.05, 3.63) is 27.4 Å². The standard InChI is InChI=1S/C35H54ClN5O5S2/c1-20-16-26(32-31(37-20)28(19-47-32)33(42)39-48(4,44)45)25-17-23(36)8-11-30(25)46-15-14-41-21(2)38-29-10-9-24(18-27(29)34(41)43)40(3)35(12-13-35)22-6-5-7-22/h20,22-26,28,30-32,37H,5-19H2,1-4H3,(H,39,42)/t20?,23?,24-,25?,26?,28?,30?,31?,32?/m0/s1. The molecule has 3 heterocycles. The summed E-state index contributed by atoms with van der Waals surface area (Å²) in [4.78, 5) is 34.5. The zero-order valence-electron chi connectivity index (χ0n) is 29.0. The lowest BCUT2D eigenvalue weighted by Crippen LogP contribution is -2.58. The minimum Gasteiger partial charge on any atom is -0.376 e. The maximum atomic E-state index is 14.0. The summed E-state index contributed by atoms with van der Waals surface area (Å²) < 4.78 is 34.4. The summed E-state index contributed by atoms with van der Waals surface area (Å²) in [5.74, 6) is 1.86. The number of aromatic nitrogens is 2. The van der Waals surface area contributed by atoms with Gasteiger partial charge in [0.25, 0.3) is 5.56 Å². The fourth-order valence-corrected chi connectivity index (χ4v) is 12.7. The molecule has 5 fully saturated rings. The number of nitrogens with zero attached hydrogens (tertiary/aromatic N) is 3. The van der Waals surface area contributed by atoms with Crippen LogP contribution in [0.3, 0.4) is 0 Å². The molecule has 8 unspecified atom stereocenters. The predicted octanol–water partition coefficient (Wildman–Crippen LogP) is 3.64. The van der Waals surface area contributed by atoms with Crippen LogP contribution in [0.5, 0.6) is 0 Å². The highest BCUT2D eigenvalue weighted by Gasteiger charge is 2.56. The average molecular weight is 724 g/mol. The molecule has 1 amide bonds. The molecule has 2 saturated heterocycles. The number of rotatable bonds is 10. The van der Waals surface area contributed by atoms with E-state index in [1.807, 2.05) is 11.5 Å². The molecule has 0 spiro atoms. The van der Waals surface area contributed by atoms with Gasteiger partial charge in [0, 0.05) is 45.6 Å². The number of aryl methyl sites for hydroxylation is 2. The maximum Gasteiger partial charge on any atom is 0.257 e. The van der Waals surface area contributed by atoms with Crippen LogP contribution in [0, 0.1) is 30.6 Å². The predicted molar refractivity (Wildman–Crippen MR) is 190 cm³/mol. The Morgan fingerprint density at radius 3 is 2.65 bits per heavy atom. The SMILES string of the molecule is Cc1nc2c(c(=O)n1CCOC1CCC(Cl)CC1C1CC(C)NC3C(C(=O)NS(C)(=O)=O)CSC13)C[C@@H](N(C)C1(C3CCC3)CC1)CC2. The number of nitrogens with one attached hydrogen (secondary N) is 2. The maximum absolute atomic E-state index is 14.0. The van der Waals surface area contributed by atoms with Crippen LogP contribution in [0.1, 0.15) is 88.2 Å². The van der Waals surface area contributed by atoms with E-state index in [0.29, 0.717) is 30.5 Å². The number of hydrogen-bond donors (Lipinski definition) is 2. The smallest absolute Gasteiger partial charge is 0.257 e. The molecule has 7 rings (SSSR count). The van der Waals surface area contributed by atoms with E-state index in [1.165, 1.54) is 32.1 Å². The number of piperidine rings is 1. The number of fused-ring (bicyclic) bond motifs is 2. The van der Waals surface area contributed by atoms with E-state index in [9.17, 15) is 18.0 Å². The van der Waals surface area contributed by atoms with E-state index in [4.69, 9.17) is 21.3 Å². The highest BCUT2D eigenvalue weighted by Crippen LogP contribution is 2.55. The quantitative estimate of drug-likeness (QED) is 0.349. The summed E-state index contributed by atoms with van der Waals surface area (Å²) in [6.45, 7) is 5.00. The number of halogens is 1. The van der Waals surface area contributed by atoms with E-state index in [-0.39, 0.29) is 46.2 Å². The van der Waals surface area contributed by atoms with Gasteiger partial charge in [0.15, 0.2) is 0 Å². The molecule has 6 aliphatic rings. The Kier molecular flexibility index (Phi) is 10.1. The van der Waals surface area contributed by atoms with Crippen LogP contribution in [0.15, 0.2) is 4.79 Å². The molecule has 2 aliphatic heterocycles. The van der Waals surface area contributed by atoms with E-state index < -0.39 is 21.8 Å². The van der Waals surface area contributed by atoms with E-state index >= 15 is 0 Å². The highest BCUT2D eigenvalue weighted by molar-refractivity contribution is 8.00. The van der Waals surface area contributed by atoms with E-state index in [0.717, 1.165) is 74.2 Å². The number of amides is 1. The van der Waals surface area contributed by atoms with Gasteiger partial charge in [0.2, 0.25) is 15.9 Å². The number of carbonyl (C=O) groups excluding carboxylic acids is 1. The Morgan fingerprint density at radius 1 is 1.19 bits per heavy atom. The molecule has 0 aromatic carbocycles. The third-order valence-corrected chi connectivity index (χ3v) is 15.5. The lowest BCUT2D eigenvalue weighted by molar-refractivity contribution is -0.123. The lowest BCUT2D eigenvalue weighted by Gasteiger charge is -2.47. The summed E-state index contributed by atoms with van der Waals surface area (Å²) in [7, 11) is -1.32. The first-order valence-electron chi connectivity index (χ1n) is 18.3. The number of alkyl halides is 1. The average Bonchev–Trinajstić information content (AvgIpc) is 3.67. The molecule has 0 radical (unpaired) electrons. The molecular weight excluding hydrogens is 670 g/mol. The van der Waals surface area contributed by atoms with Gasteiger partial charge in [-0.05, 0) is 109 Å². The Labute approximate surface area is 295 Å². The van der Waals surface area contributed by atoms with Crippen LogP contribution in [-0.2, 0) is 38.9 Å². The van der Waals surface area contributed by atoms with Crippen molar-refractivity contribution in [1.29, 1.82) is 0 Å². The van der Waals surface area contributed by atoms with Crippen LogP contribution in [-0.4, -0.2) is 94.8 Å². The third kappa shape index (κ3) is 6.88. The van der Waals surface area contributed by atoms with Gasteiger partial charge < -0.3 is 10.1 Å². The molecule has 9 atom stereocenters. The van der Waals surface area contributed by atoms with Crippen molar-refractivity contribution in [3.63, 3.8) is 0 Å². The van der Waals surface area contributed by atoms with Crippen LogP contribution in [0.4, 0.5) is 0 Å². The first-order valence-corrected chi connectivity index (χ1v) is 21.7. The van der Waals surface area contributed by atoms with Gasteiger partial charge in [-0.3, -0.25) is 23.8 Å². The van der Waals surface area contributed by atoms with Crippen molar-refractivity contribution in [3.8, 4) is 0 Å². The second-order valence-corrected chi connectivity index (χ2v) is 19.5. The zero-order valence-corrected chi connectivity index (χ0v) is 31.3. The molecule has 4 aliphatic carbocycles. The number of thioether (sulfide) groups is 1.